The van der Waals surface area contributed by atoms with Gasteiger partial charge in [-0.3, -0.25) is 0 Å². The number of hydrogen-bond donors (Lipinski definition) is 0. The van der Waals surface area contributed by atoms with Crippen LogP contribution in [0, 0.1) is 0 Å². The fourth-order valence-corrected chi connectivity index (χ4v) is 2.98. The highest BCUT2D eigenvalue weighted by atomic mass is 35.5. The van der Waals surface area contributed by atoms with Crippen LogP contribution in [-0.4, -0.2) is 16.2 Å². The molecule has 5 heteroatoms. The third kappa shape index (κ3) is 2.53. The van der Waals surface area contributed by atoms with E-state index >= 15 is 0 Å². The van der Waals surface area contributed by atoms with Crippen LogP contribution in [0.1, 0.15) is 30.7 Å². The molecule has 0 fully saturated rings. The summed E-state index contributed by atoms with van der Waals surface area (Å²) in [7, 11) is 0. The van der Waals surface area contributed by atoms with E-state index in [-0.39, 0.29) is 5.92 Å². The topological polar surface area (TPSA) is 25.8 Å². The molecule has 0 N–H and O–H groups in total. The van der Waals surface area contributed by atoms with E-state index in [2.05, 4.69) is 22.1 Å². The zero-order valence-electron chi connectivity index (χ0n) is 8.91. The molecule has 2 nitrogen and oxygen atoms in total. The summed E-state index contributed by atoms with van der Waals surface area (Å²) in [4.78, 5) is 8.45. The monoisotopic (exact) mass is 274 g/mol. The van der Waals surface area contributed by atoms with Crippen LogP contribution < -0.4 is 0 Å². The highest BCUT2D eigenvalue weighted by Crippen LogP contribution is 2.36. The predicted octanol–water partition coefficient (Wildman–Crippen LogP) is 4.33. The zero-order chi connectivity index (χ0) is 11.5. The summed E-state index contributed by atoms with van der Waals surface area (Å²) < 4.78 is 0. The van der Waals surface area contributed by atoms with E-state index in [0.717, 1.165) is 24.8 Å². The highest BCUT2D eigenvalue weighted by Gasteiger charge is 2.20. The summed E-state index contributed by atoms with van der Waals surface area (Å²) >= 11 is 13.8. The molecule has 0 amide bonds. The Hall–Kier alpha value is -0.250. The molecule has 1 unspecified atom stereocenters. The van der Waals surface area contributed by atoms with Gasteiger partial charge >= 0.3 is 0 Å². The number of rotatable bonds is 2. The minimum absolute atomic E-state index is 0.268. The summed E-state index contributed by atoms with van der Waals surface area (Å²) in [5.41, 5.74) is 0.872. The minimum Gasteiger partial charge on any atom is -0.210 e. The van der Waals surface area contributed by atoms with E-state index in [1.54, 1.807) is 0 Å². The lowest BCUT2D eigenvalue weighted by molar-refractivity contribution is 0.648. The second-order valence-electron chi connectivity index (χ2n) is 3.67. The third-order valence-corrected chi connectivity index (χ3v) is 3.76. The van der Waals surface area contributed by atoms with E-state index in [9.17, 15) is 0 Å². The summed E-state index contributed by atoms with van der Waals surface area (Å²) in [6, 6.07) is 0. The summed E-state index contributed by atoms with van der Waals surface area (Å²) in [6.07, 6.45) is 9.59. The average Bonchev–Trinajstić information content (AvgIpc) is 2.29. The molecule has 2 rings (SSSR count). The van der Waals surface area contributed by atoms with Crippen molar-refractivity contribution in [1.29, 1.82) is 0 Å². The lowest BCUT2D eigenvalue weighted by Crippen LogP contribution is -2.04. The molecule has 16 heavy (non-hydrogen) atoms. The van der Waals surface area contributed by atoms with Crippen molar-refractivity contribution in [3.8, 4) is 0 Å². The van der Waals surface area contributed by atoms with Gasteiger partial charge in [0.2, 0.25) is 0 Å². The van der Waals surface area contributed by atoms with Crippen LogP contribution in [0.3, 0.4) is 0 Å². The standard InChI is InChI=1S/C11H12Cl2N2S/c1-16-11-14-9(12)8(10(13)15-11)7-5-3-2-4-6-7/h3,5,7H,2,4,6H2,1H3. The number of nitrogens with zero attached hydrogens (tertiary/aromatic N) is 2. The lowest BCUT2D eigenvalue weighted by atomic mass is 9.91. The van der Waals surface area contributed by atoms with Gasteiger partial charge in [0, 0.05) is 11.5 Å². The van der Waals surface area contributed by atoms with Crippen LogP contribution in [0.2, 0.25) is 10.3 Å². The predicted molar refractivity (Wildman–Crippen MR) is 69.6 cm³/mol. The van der Waals surface area contributed by atoms with Gasteiger partial charge in [0.05, 0.1) is 0 Å². The maximum Gasteiger partial charge on any atom is 0.190 e. The Morgan fingerprint density at radius 1 is 1.31 bits per heavy atom. The first-order valence-corrected chi connectivity index (χ1v) is 7.14. The largest absolute Gasteiger partial charge is 0.210 e. The molecule has 0 radical (unpaired) electrons. The van der Waals surface area contributed by atoms with Crippen molar-refractivity contribution >= 4 is 35.0 Å². The van der Waals surface area contributed by atoms with E-state index in [0.29, 0.717) is 15.5 Å². The van der Waals surface area contributed by atoms with Crippen molar-refractivity contribution in [2.45, 2.75) is 30.3 Å². The average molecular weight is 275 g/mol. The van der Waals surface area contributed by atoms with E-state index in [1.165, 1.54) is 11.8 Å². The second kappa shape index (κ2) is 5.39. The first-order valence-electron chi connectivity index (χ1n) is 5.16. The van der Waals surface area contributed by atoms with Crippen molar-refractivity contribution in [2.24, 2.45) is 0 Å². The molecule has 1 aromatic rings. The fourth-order valence-electron chi connectivity index (χ4n) is 1.85. The van der Waals surface area contributed by atoms with Gasteiger partial charge in [0.1, 0.15) is 10.3 Å². The summed E-state index contributed by atoms with van der Waals surface area (Å²) in [5.74, 6) is 0.268. The van der Waals surface area contributed by atoms with Gasteiger partial charge in [-0.25, -0.2) is 9.97 Å². The summed E-state index contributed by atoms with van der Waals surface area (Å²) in [5, 5.41) is 1.60. The molecule has 0 spiro atoms. The smallest absolute Gasteiger partial charge is 0.190 e. The maximum atomic E-state index is 6.16. The van der Waals surface area contributed by atoms with Gasteiger partial charge in [0.15, 0.2) is 5.16 Å². The molecule has 86 valence electrons. The Kier molecular flexibility index (Phi) is 4.11. The van der Waals surface area contributed by atoms with Gasteiger partial charge in [-0.1, -0.05) is 47.1 Å². The highest BCUT2D eigenvalue weighted by molar-refractivity contribution is 7.98. The van der Waals surface area contributed by atoms with Crippen LogP contribution in [0.15, 0.2) is 17.3 Å². The Morgan fingerprint density at radius 2 is 2.00 bits per heavy atom. The molecule has 1 heterocycles. The molecule has 1 aromatic heterocycles. The molecular weight excluding hydrogens is 263 g/mol. The molecule has 0 aliphatic heterocycles. The molecular formula is C11H12Cl2N2S. The Morgan fingerprint density at radius 3 is 2.50 bits per heavy atom. The molecule has 0 saturated heterocycles. The van der Waals surface area contributed by atoms with Gasteiger partial charge in [0.25, 0.3) is 0 Å². The lowest BCUT2D eigenvalue weighted by Gasteiger charge is -2.18. The molecule has 1 atom stereocenters. The molecule has 0 bridgehead atoms. The zero-order valence-corrected chi connectivity index (χ0v) is 11.2. The number of hydrogen-bond acceptors (Lipinski definition) is 3. The van der Waals surface area contributed by atoms with Gasteiger partial charge < -0.3 is 0 Å². The normalized spacial score (nSPS) is 20.1. The van der Waals surface area contributed by atoms with E-state index in [4.69, 9.17) is 23.2 Å². The van der Waals surface area contributed by atoms with Crippen LogP contribution >= 0.6 is 35.0 Å². The van der Waals surface area contributed by atoms with E-state index < -0.39 is 0 Å². The first-order chi connectivity index (χ1) is 7.72. The molecule has 0 saturated carbocycles. The Balaban J connectivity index is 2.40. The SMILES string of the molecule is CSc1nc(Cl)c(C2C=CCCC2)c(Cl)n1. The van der Waals surface area contributed by atoms with Gasteiger partial charge in [-0.05, 0) is 25.5 Å². The van der Waals surface area contributed by atoms with Crippen LogP contribution in [-0.2, 0) is 0 Å². The van der Waals surface area contributed by atoms with Crippen molar-refractivity contribution in [1.82, 2.24) is 9.97 Å². The van der Waals surface area contributed by atoms with Crippen LogP contribution in [0.4, 0.5) is 0 Å². The summed E-state index contributed by atoms with van der Waals surface area (Å²) in [6.45, 7) is 0. The van der Waals surface area contributed by atoms with Crippen molar-refractivity contribution in [3.05, 3.63) is 28.0 Å². The number of allylic oxidation sites excluding steroid dienone is 2. The number of thioether (sulfide) groups is 1. The number of halogens is 2. The van der Waals surface area contributed by atoms with Gasteiger partial charge in [-0.15, -0.1) is 0 Å². The third-order valence-electron chi connectivity index (χ3n) is 2.64. The quantitative estimate of drug-likeness (QED) is 0.348. The minimum atomic E-state index is 0.268. The fraction of sp³-hybridized carbons (Fsp3) is 0.455. The molecule has 1 aliphatic rings. The first kappa shape index (κ1) is 12.2. The van der Waals surface area contributed by atoms with E-state index in [1.807, 2.05) is 6.26 Å². The molecule has 0 aromatic carbocycles. The molecule has 1 aliphatic carbocycles. The Bertz CT molecular complexity index is 397. The second-order valence-corrected chi connectivity index (χ2v) is 5.16. The van der Waals surface area contributed by atoms with Crippen LogP contribution in [0.25, 0.3) is 0 Å². The van der Waals surface area contributed by atoms with Crippen molar-refractivity contribution in [2.75, 3.05) is 6.26 Å². The van der Waals surface area contributed by atoms with Gasteiger partial charge in [-0.2, -0.15) is 0 Å². The van der Waals surface area contributed by atoms with Crippen molar-refractivity contribution in [3.63, 3.8) is 0 Å². The maximum absolute atomic E-state index is 6.16. The Labute approximate surface area is 109 Å². The van der Waals surface area contributed by atoms with Crippen molar-refractivity contribution < 1.29 is 0 Å². The number of aromatic nitrogens is 2. The van der Waals surface area contributed by atoms with Crippen LogP contribution in [0.5, 0.6) is 0 Å².